The standard InChI is InChI=1S/C28H20NO/c30-27-14-9-20(16-18-7-13-26-21(17-18)5-3-15-29-26)23-11-12-24-22-6-2-1-4-19(22)8-10-25(24)28(23)27/h1-8,10-13,15-17,20H,9,14H2. The molecule has 1 aliphatic carbocycles. The van der Waals surface area contributed by atoms with Crippen molar-refractivity contribution in [3.63, 3.8) is 0 Å². The number of aromatic nitrogens is 1. The number of fused-ring (bicyclic) bond motifs is 6. The molecule has 0 bridgehead atoms. The Kier molecular flexibility index (Phi) is 3.92. The van der Waals surface area contributed by atoms with Crippen molar-refractivity contribution in [2.45, 2.75) is 18.8 Å². The maximum absolute atomic E-state index is 13.0. The Morgan fingerprint density at radius 1 is 0.800 bits per heavy atom. The SMILES string of the molecule is O=C1CCC([CH]c2ccc3ncccc3c2)c2ccc3c(ccc4ccccc43)c21. The first-order valence-electron chi connectivity index (χ1n) is 10.5. The number of ketones is 1. The van der Waals surface area contributed by atoms with Crippen molar-refractivity contribution in [1.82, 2.24) is 4.98 Å². The fourth-order valence-corrected chi connectivity index (χ4v) is 4.90. The molecule has 0 saturated carbocycles. The van der Waals surface area contributed by atoms with E-state index in [0.29, 0.717) is 6.42 Å². The van der Waals surface area contributed by atoms with Crippen LogP contribution in [0.3, 0.4) is 0 Å². The summed E-state index contributed by atoms with van der Waals surface area (Å²) in [5.41, 5.74) is 4.25. The van der Waals surface area contributed by atoms with E-state index in [0.717, 1.165) is 39.2 Å². The van der Waals surface area contributed by atoms with Gasteiger partial charge in [0.25, 0.3) is 0 Å². The Morgan fingerprint density at radius 2 is 1.67 bits per heavy atom. The second-order valence-corrected chi connectivity index (χ2v) is 8.10. The maximum Gasteiger partial charge on any atom is 0.163 e. The molecule has 0 saturated heterocycles. The molecule has 1 aliphatic rings. The van der Waals surface area contributed by atoms with Crippen LogP contribution in [0.2, 0.25) is 0 Å². The Labute approximate surface area is 175 Å². The zero-order valence-corrected chi connectivity index (χ0v) is 16.5. The second kappa shape index (κ2) is 6.77. The molecule has 0 aliphatic heterocycles. The normalized spacial score (nSPS) is 16.3. The molecule has 0 fully saturated rings. The van der Waals surface area contributed by atoms with Crippen LogP contribution in [0.4, 0.5) is 0 Å². The van der Waals surface area contributed by atoms with Crippen LogP contribution < -0.4 is 0 Å². The summed E-state index contributed by atoms with van der Waals surface area (Å²) in [5.74, 6) is 0.501. The summed E-state index contributed by atoms with van der Waals surface area (Å²) in [5, 5.41) is 5.80. The van der Waals surface area contributed by atoms with Crippen molar-refractivity contribution in [1.29, 1.82) is 0 Å². The van der Waals surface area contributed by atoms with Crippen LogP contribution in [-0.4, -0.2) is 10.8 Å². The molecule has 143 valence electrons. The van der Waals surface area contributed by atoms with Gasteiger partial charge in [-0.3, -0.25) is 9.78 Å². The zero-order chi connectivity index (χ0) is 20.1. The average molecular weight is 386 g/mol. The van der Waals surface area contributed by atoms with E-state index in [2.05, 4.69) is 84.2 Å². The highest BCUT2D eigenvalue weighted by Crippen LogP contribution is 2.40. The average Bonchev–Trinajstić information content (AvgIpc) is 2.80. The highest BCUT2D eigenvalue weighted by Gasteiger charge is 2.28. The molecule has 1 heterocycles. The summed E-state index contributed by atoms with van der Waals surface area (Å²) in [6.07, 6.45) is 5.58. The van der Waals surface area contributed by atoms with Gasteiger partial charge in [0, 0.05) is 23.6 Å². The molecule has 6 rings (SSSR count). The van der Waals surface area contributed by atoms with E-state index in [1.807, 2.05) is 12.3 Å². The lowest BCUT2D eigenvalue weighted by molar-refractivity contribution is 0.0971. The first-order valence-corrected chi connectivity index (χ1v) is 10.5. The fraction of sp³-hybridized carbons (Fsp3) is 0.107. The van der Waals surface area contributed by atoms with Crippen LogP contribution in [0.5, 0.6) is 0 Å². The minimum Gasteiger partial charge on any atom is -0.294 e. The predicted molar refractivity (Wildman–Crippen MR) is 123 cm³/mol. The molecule has 0 amide bonds. The van der Waals surface area contributed by atoms with Gasteiger partial charge < -0.3 is 0 Å². The molecule has 0 N–H and O–H groups in total. The molecule has 0 spiro atoms. The summed E-state index contributed by atoms with van der Waals surface area (Å²) in [6, 6.07) is 27.5. The van der Waals surface area contributed by atoms with Crippen molar-refractivity contribution in [3.8, 4) is 0 Å². The van der Waals surface area contributed by atoms with Crippen LogP contribution in [0.15, 0.2) is 85.1 Å². The number of benzene rings is 4. The lowest BCUT2D eigenvalue weighted by Crippen LogP contribution is -2.17. The molecule has 2 nitrogen and oxygen atoms in total. The van der Waals surface area contributed by atoms with Gasteiger partial charge in [0.1, 0.15) is 0 Å². The van der Waals surface area contributed by atoms with E-state index in [1.165, 1.54) is 16.3 Å². The smallest absolute Gasteiger partial charge is 0.163 e. The van der Waals surface area contributed by atoms with Crippen molar-refractivity contribution < 1.29 is 4.79 Å². The molecule has 30 heavy (non-hydrogen) atoms. The van der Waals surface area contributed by atoms with E-state index in [1.54, 1.807) is 0 Å². The summed E-state index contributed by atoms with van der Waals surface area (Å²) in [6.45, 7) is 0. The van der Waals surface area contributed by atoms with Crippen molar-refractivity contribution in [2.24, 2.45) is 0 Å². The first-order chi connectivity index (χ1) is 14.8. The molecule has 1 aromatic heterocycles. The van der Waals surface area contributed by atoms with Gasteiger partial charge in [-0.1, -0.05) is 60.7 Å². The molecule has 1 radical (unpaired) electrons. The van der Waals surface area contributed by atoms with Gasteiger partial charge in [0.05, 0.1) is 5.52 Å². The number of pyridine rings is 1. The highest BCUT2D eigenvalue weighted by atomic mass is 16.1. The van der Waals surface area contributed by atoms with Crippen LogP contribution >= 0.6 is 0 Å². The molecule has 4 aromatic carbocycles. The van der Waals surface area contributed by atoms with Gasteiger partial charge in [-0.15, -0.1) is 0 Å². The van der Waals surface area contributed by atoms with E-state index >= 15 is 0 Å². The van der Waals surface area contributed by atoms with E-state index in [4.69, 9.17) is 0 Å². The van der Waals surface area contributed by atoms with E-state index in [9.17, 15) is 4.79 Å². The molecule has 1 atom stereocenters. The lowest BCUT2D eigenvalue weighted by Gasteiger charge is -2.26. The zero-order valence-electron chi connectivity index (χ0n) is 16.5. The monoisotopic (exact) mass is 386 g/mol. The van der Waals surface area contributed by atoms with Gasteiger partial charge in [-0.2, -0.15) is 0 Å². The number of carbonyl (C=O) groups is 1. The third kappa shape index (κ3) is 2.72. The van der Waals surface area contributed by atoms with Crippen molar-refractivity contribution in [2.75, 3.05) is 0 Å². The minimum absolute atomic E-state index is 0.239. The second-order valence-electron chi connectivity index (χ2n) is 8.10. The molecule has 5 aromatic rings. The summed E-state index contributed by atoms with van der Waals surface area (Å²) in [4.78, 5) is 17.4. The van der Waals surface area contributed by atoms with Crippen molar-refractivity contribution in [3.05, 3.63) is 108 Å². The third-order valence-corrected chi connectivity index (χ3v) is 6.34. The number of carbonyl (C=O) groups excluding carboxylic acids is 1. The molecule has 2 heteroatoms. The highest BCUT2D eigenvalue weighted by molar-refractivity contribution is 6.17. The Balaban J connectivity index is 1.47. The number of hydrogen-bond acceptors (Lipinski definition) is 2. The largest absolute Gasteiger partial charge is 0.294 e. The van der Waals surface area contributed by atoms with E-state index in [-0.39, 0.29) is 11.7 Å². The summed E-state index contributed by atoms with van der Waals surface area (Å²) < 4.78 is 0. The Hall–Kier alpha value is -3.52. The molecule has 1 unspecified atom stereocenters. The van der Waals surface area contributed by atoms with Gasteiger partial charge in [0.15, 0.2) is 5.78 Å². The van der Waals surface area contributed by atoms with Gasteiger partial charge in [-0.05, 0) is 69.6 Å². The fourth-order valence-electron chi connectivity index (χ4n) is 4.90. The topological polar surface area (TPSA) is 30.0 Å². The predicted octanol–water partition coefficient (Wildman–Crippen LogP) is 6.85. The van der Waals surface area contributed by atoms with Crippen LogP contribution in [0.1, 0.15) is 40.2 Å². The van der Waals surface area contributed by atoms with Crippen LogP contribution in [0.25, 0.3) is 32.4 Å². The Morgan fingerprint density at radius 3 is 2.63 bits per heavy atom. The molecular weight excluding hydrogens is 366 g/mol. The third-order valence-electron chi connectivity index (χ3n) is 6.34. The molecular formula is C28H20NO. The number of hydrogen-bond donors (Lipinski definition) is 0. The quantitative estimate of drug-likeness (QED) is 0.310. The Bertz CT molecular complexity index is 1450. The van der Waals surface area contributed by atoms with E-state index < -0.39 is 0 Å². The van der Waals surface area contributed by atoms with Gasteiger partial charge in [-0.25, -0.2) is 0 Å². The summed E-state index contributed by atoms with van der Waals surface area (Å²) in [7, 11) is 0. The number of nitrogens with zero attached hydrogens (tertiary/aromatic N) is 1. The number of rotatable bonds is 2. The maximum atomic E-state index is 13.0. The van der Waals surface area contributed by atoms with Crippen LogP contribution in [0, 0.1) is 6.42 Å². The van der Waals surface area contributed by atoms with Gasteiger partial charge in [0.2, 0.25) is 0 Å². The lowest BCUT2D eigenvalue weighted by atomic mass is 9.77. The van der Waals surface area contributed by atoms with Crippen LogP contribution in [-0.2, 0) is 0 Å². The number of Topliss-reactive ketones (excluding diaryl/α,β-unsaturated/α-hetero) is 1. The van der Waals surface area contributed by atoms with Crippen molar-refractivity contribution >= 4 is 38.2 Å². The van der Waals surface area contributed by atoms with Gasteiger partial charge >= 0.3 is 0 Å². The minimum atomic E-state index is 0.239. The first kappa shape index (κ1) is 17.3. The summed E-state index contributed by atoms with van der Waals surface area (Å²) >= 11 is 0.